The van der Waals surface area contributed by atoms with Crippen LogP contribution in [0.3, 0.4) is 0 Å². The Morgan fingerprint density at radius 3 is 1.52 bits per heavy atom. The summed E-state index contributed by atoms with van der Waals surface area (Å²) in [6, 6.07) is 11.6. The molecule has 5 N–H and O–H groups in total. The summed E-state index contributed by atoms with van der Waals surface area (Å²) in [6.07, 6.45) is 4.14. The molecule has 0 aliphatic carbocycles. The van der Waals surface area contributed by atoms with Crippen molar-refractivity contribution in [3.63, 3.8) is 0 Å². The standard InChI is InChI=1S/C15H15FIN3O2.C15H14FIN2O3/c1-2-5-20-8-10(15(18)22)13(7-14(20)21)19-12-4-3-9(17)6-11(12)16;1-2-5-19-8-10(15(21)22)13(7-14(19)20)18-12-4-3-9(17)6-11(12)16/h3-4,6-8,19H,2,5H2,1H3,(H2,18,22);3-4,6-8,18H,2,5H2,1H3,(H,21,22). The first kappa shape index (κ1) is 34.7. The van der Waals surface area contributed by atoms with Crippen LogP contribution in [-0.4, -0.2) is 26.1 Å². The first-order chi connectivity index (χ1) is 20.8. The van der Waals surface area contributed by atoms with Crippen LogP contribution >= 0.6 is 45.2 Å². The van der Waals surface area contributed by atoms with Crippen LogP contribution in [0.4, 0.5) is 31.5 Å². The monoisotopic (exact) mass is 831 g/mol. The number of halogens is 4. The highest BCUT2D eigenvalue weighted by molar-refractivity contribution is 14.1. The van der Waals surface area contributed by atoms with Crippen LogP contribution in [0.25, 0.3) is 0 Å². The van der Waals surface area contributed by atoms with Gasteiger partial charge in [-0.15, -0.1) is 0 Å². The number of primary amides is 1. The fourth-order valence-electron chi connectivity index (χ4n) is 4.02. The van der Waals surface area contributed by atoms with Crippen LogP contribution in [0.5, 0.6) is 0 Å². The van der Waals surface area contributed by atoms with Gasteiger partial charge < -0.3 is 30.6 Å². The summed E-state index contributed by atoms with van der Waals surface area (Å²) < 4.78 is 32.0. The van der Waals surface area contributed by atoms with Gasteiger partial charge in [-0.1, -0.05) is 13.8 Å². The Hall–Kier alpha value is -3.80. The minimum atomic E-state index is -1.18. The lowest BCUT2D eigenvalue weighted by atomic mass is 10.2. The van der Waals surface area contributed by atoms with Crippen molar-refractivity contribution in [2.24, 2.45) is 5.73 Å². The van der Waals surface area contributed by atoms with Gasteiger partial charge in [-0.2, -0.15) is 0 Å². The van der Waals surface area contributed by atoms with Crippen LogP contribution in [0.1, 0.15) is 47.4 Å². The second-order valence-corrected chi connectivity index (χ2v) is 11.9. The van der Waals surface area contributed by atoms with Crippen LogP contribution in [0.2, 0.25) is 0 Å². The number of amides is 1. The molecule has 4 aromatic rings. The number of anilines is 4. The lowest BCUT2D eigenvalue weighted by Crippen LogP contribution is -2.24. The van der Waals surface area contributed by atoms with E-state index in [0.717, 1.165) is 13.6 Å². The van der Waals surface area contributed by atoms with Crippen molar-refractivity contribution in [1.82, 2.24) is 9.13 Å². The Morgan fingerprint density at radius 1 is 0.750 bits per heavy atom. The minimum absolute atomic E-state index is 0.0740. The number of carbonyl (C=O) groups excluding carboxylic acids is 1. The summed E-state index contributed by atoms with van der Waals surface area (Å²) >= 11 is 3.97. The molecule has 0 aliphatic rings. The molecule has 2 aromatic carbocycles. The molecule has 0 radical (unpaired) electrons. The molecule has 232 valence electrons. The van der Waals surface area contributed by atoms with E-state index in [2.05, 4.69) is 10.6 Å². The molecule has 0 spiro atoms. The zero-order chi connectivity index (χ0) is 32.6. The number of carbonyl (C=O) groups is 2. The Bertz CT molecular complexity index is 1680. The van der Waals surface area contributed by atoms with Gasteiger partial charge >= 0.3 is 5.97 Å². The Labute approximate surface area is 278 Å². The molecule has 1 amide bonds. The topological polar surface area (TPSA) is 148 Å². The van der Waals surface area contributed by atoms with Gasteiger partial charge in [0.2, 0.25) is 0 Å². The smallest absolute Gasteiger partial charge is 0.339 e. The number of aromatic nitrogens is 2. The number of hydrogen-bond acceptors (Lipinski definition) is 6. The van der Waals surface area contributed by atoms with E-state index < -0.39 is 23.5 Å². The minimum Gasteiger partial charge on any atom is -0.478 e. The third-order valence-corrected chi connectivity index (χ3v) is 7.42. The maximum absolute atomic E-state index is 13.9. The SMILES string of the molecule is CCCn1cc(C(=O)O)c(Nc2ccc(I)cc2F)cc1=O.CCCn1cc(C(N)=O)c(Nc2ccc(I)cc2F)cc1=O. The van der Waals surface area contributed by atoms with Gasteiger partial charge in [0.05, 0.1) is 33.9 Å². The highest BCUT2D eigenvalue weighted by Gasteiger charge is 2.16. The largest absolute Gasteiger partial charge is 0.478 e. The molecule has 4 rings (SSSR count). The quantitative estimate of drug-likeness (QED) is 0.138. The van der Waals surface area contributed by atoms with Crippen LogP contribution in [0.15, 0.2) is 70.5 Å². The van der Waals surface area contributed by atoms with E-state index in [0.29, 0.717) is 19.5 Å². The van der Waals surface area contributed by atoms with Gasteiger partial charge in [0, 0.05) is 44.8 Å². The van der Waals surface area contributed by atoms with Crippen molar-refractivity contribution in [2.45, 2.75) is 39.8 Å². The second-order valence-electron chi connectivity index (χ2n) is 9.43. The summed E-state index contributed by atoms with van der Waals surface area (Å²) in [6.45, 7) is 4.72. The number of carboxylic acid groups (broad SMARTS) is 1. The van der Waals surface area contributed by atoms with Crippen LogP contribution < -0.4 is 27.5 Å². The number of carboxylic acids is 1. The predicted octanol–water partition coefficient (Wildman–Crippen LogP) is 6.29. The van der Waals surface area contributed by atoms with E-state index in [9.17, 15) is 33.1 Å². The van der Waals surface area contributed by atoms with Crippen molar-refractivity contribution in [3.05, 3.63) is 112 Å². The molecule has 0 atom stereocenters. The molecule has 14 heteroatoms. The highest BCUT2D eigenvalue weighted by Crippen LogP contribution is 2.25. The third kappa shape index (κ3) is 9.10. The Morgan fingerprint density at radius 2 is 1.16 bits per heavy atom. The van der Waals surface area contributed by atoms with E-state index in [-0.39, 0.29) is 45.0 Å². The number of pyridine rings is 2. The van der Waals surface area contributed by atoms with Gasteiger partial charge in [-0.25, -0.2) is 13.6 Å². The third-order valence-electron chi connectivity index (χ3n) is 6.08. The molecule has 0 fully saturated rings. The van der Waals surface area contributed by atoms with Crippen molar-refractivity contribution in [2.75, 3.05) is 10.6 Å². The number of nitrogens with one attached hydrogen (secondary N) is 2. The number of nitrogens with zero attached hydrogens (tertiary/aromatic N) is 2. The van der Waals surface area contributed by atoms with E-state index in [1.807, 2.05) is 59.0 Å². The molecule has 10 nitrogen and oxygen atoms in total. The molecule has 44 heavy (non-hydrogen) atoms. The predicted molar refractivity (Wildman–Crippen MR) is 182 cm³/mol. The second kappa shape index (κ2) is 15.8. The zero-order valence-electron chi connectivity index (χ0n) is 23.7. The van der Waals surface area contributed by atoms with E-state index in [4.69, 9.17) is 5.73 Å². The molecule has 0 saturated heterocycles. The number of aromatic carboxylic acids is 1. The molecular weight excluding hydrogens is 802 g/mol. The number of hydrogen-bond donors (Lipinski definition) is 4. The van der Waals surface area contributed by atoms with Crippen molar-refractivity contribution in [3.8, 4) is 0 Å². The number of benzene rings is 2. The van der Waals surface area contributed by atoms with Crippen LogP contribution in [-0.2, 0) is 13.1 Å². The van der Waals surface area contributed by atoms with Gasteiger partial charge in [0.25, 0.3) is 17.0 Å². The first-order valence-electron chi connectivity index (χ1n) is 13.3. The molecule has 0 unspecified atom stereocenters. The normalized spacial score (nSPS) is 10.5. The Balaban J connectivity index is 0.000000240. The maximum atomic E-state index is 13.9. The molecule has 0 bridgehead atoms. The van der Waals surface area contributed by atoms with Crippen molar-refractivity contribution < 1.29 is 23.5 Å². The Kier molecular flexibility index (Phi) is 12.4. The maximum Gasteiger partial charge on any atom is 0.339 e. The average molecular weight is 831 g/mol. The lowest BCUT2D eigenvalue weighted by Gasteiger charge is -2.13. The molecule has 2 aromatic heterocycles. The first-order valence-corrected chi connectivity index (χ1v) is 15.5. The van der Waals surface area contributed by atoms with Gasteiger partial charge in [0.1, 0.15) is 11.6 Å². The van der Waals surface area contributed by atoms with Crippen LogP contribution in [0, 0.1) is 18.8 Å². The van der Waals surface area contributed by atoms with Gasteiger partial charge in [-0.3, -0.25) is 14.4 Å². The summed E-state index contributed by atoms with van der Waals surface area (Å²) in [4.78, 5) is 46.9. The fraction of sp³-hybridized carbons (Fsp3) is 0.200. The highest BCUT2D eigenvalue weighted by atomic mass is 127. The van der Waals surface area contributed by atoms with E-state index >= 15 is 0 Å². The summed E-state index contributed by atoms with van der Waals surface area (Å²) in [5.41, 5.74) is 5.38. The molecule has 0 saturated carbocycles. The number of aryl methyl sites for hydroxylation is 2. The summed E-state index contributed by atoms with van der Waals surface area (Å²) in [5.74, 6) is -2.85. The summed E-state index contributed by atoms with van der Waals surface area (Å²) in [5, 5.41) is 14.7. The number of nitrogens with two attached hydrogens (primary N) is 1. The van der Waals surface area contributed by atoms with E-state index in [1.54, 1.807) is 18.2 Å². The molecule has 0 aliphatic heterocycles. The average Bonchev–Trinajstić information content (AvgIpc) is 2.94. The van der Waals surface area contributed by atoms with Gasteiger partial charge in [0.15, 0.2) is 0 Å². The number of rotatable bonds is 10. The summed E-state index contributed by atoms with van der Waals surface area (Å²) in [7, 11) is 0. The zero-order valence-corrected chi connectivity index (χ0v) is 28.0. The lowest BCUT2D eigenvalue weighted by molar-refractivity contribution is 0.0696. The van der Waals surface area contributed by atoms with Gasteiger partial charge in [-0.05, 0) is 94.4 Å². The molecule has 2 heterocycles. The van der Waals surface area contributed by atoms with Crippen molar-refractivity contribution in [1.29, 1.82) is 0 Å². The van der Waals surface area contributed by atoms with Crippen molar-refractivity contribution >= 4 is 79.8 Å². The van der Waals surface area contributed by atoms with E-state index in [1.165, 1.54) is 51.9 Å². The molecular formula is C30H29F2I2N5O5. The fourth-order valence-corrected chi connectivity index (χ4v) is 4.93.